The number of fused-ring (bicyclic) bond motifs is 1. The number of amides is 1. The largest absolute Gasteiger partial charge is 0.338 e. The lowest BCUT2D eigenvalue weighted by molar-refractivity contribution is -0.128. The fourth-order valence-corrected chi connectivity index (χ4v) is 3.75. The molecule has 26 heavy (non-hydrogen) atoms. The van der Waals surface area contributed by atoms with E-state index in [9.17, 15) is 4.79 Å². The number of aromatic nitrogens is 3. The Morgan fingerprint density at radius 1 is 0.962 bits per heavy atom. The Labute approximate surface area is 156 Å². The van der Waals surface area contributed by atoms with Crippen molar-refractivity contribution >= 4 is 34.5 Å². The van der Waals surface area contributed by atoms with Gasteiger partial charge in [-0.15, -0.1) is 0 Å². The van der Waals surface area contributed by atoms with Gasteiger partial charge in [0.25, 0.3) is 0 Å². The van der Waals surface area contributed by atoms with Gasteiger partial charge in [-0.1, -0.05) is 36.0 Å². The molecule has 3 aromatic rings. The van der Waals surface area contributed by atoms with Crippen LogP contribution in [-0.2, 0) is 4.79 Å². The van der Waals surface area contributed by atoms with E-state index in [1.165, 1.54) is 11.8 Å². The molecular formula is C19H19N5OS. The normalized spacial score (nSPS) is 14.6. The molecule has 0 unspecified atom stereocenters. The summed E-state index contributed by atoms with van der Waals surface area (Å²) in [4.78, 5) is 29.7. The molecule has 1 saturated heterocycles. The van der Waals surface area contributed by atoms with Crippen molar-refractivity contribution in [2.45, 2.75) is 5.03 Å². The number of hydrogen-bond donors (Lipinski definition) is 0. The number of piperazine rings is 1. The van der Waals surface area contributed by atoms with Crippen LogP contribution in [0.1, 0.15) is 0 Å². The molecule has 0 spiro atoms. The number of nitrogens with zero attached hydrogens (tertiary/aromatic N) is 5. The maximum absolute atomic E-state index is 12.5. The molecule has 4 rings (SSSR count). The summed E-state index contributed by atoms with van der Waals surface area (Å²) in [6, 6.07) is 13.8. The lowest BCUT2D eigenvalue weighted by Crippen LogP contribution is -2.49. The van der Waals surface area contributed by atoms with Gasteiger partial charge in [-0.3, -0.25) is 4.79 Å². The summed E-state index contributed by atoms with van der Waals surface area (Å²) in [6.07, 6.45) is 3.49. The van der Waals surface area contributed by atoms with Gasteiger partial charge in [-0.25, -0.2) is 15.0 Å². The van der Waals surface area contributed by atoms with E-state index in [4.69, 9.17) is 0 Å². The molecule has 1 aliphatic heterocycles. The van der Waals surface area contributed by atoms with Crippen LogP contribution in [0.5, 0.6) is 0 Å². The van der Waals surface area contributed by atoms with E-state index in [0.29, 0.717) is 18.8 Å². The van der Waals surface area contributed by atoms with E-state index < -0.39 is 0 Å². The summed E-state index contributed by atoms with van der Waals surface area (Å²) < 4.78 is 0. The number of rotatable bonds is 4. The molecular weight excluding hydrogens is 346 g/mol. The Kier molecular flexibility index (Phi) is 4.97. The quantitative estimate of drug-likeness (QED) is 0.662. The average Bonchev–Trinajstić information content (AvgIpc) is 2.72. The molecule has 6 nitrogen and oxygen atoms in total. The topological polar surface area (TPSA) is 62.2 Å². The van der Waals surface area contributed by atoms with E-state index in [0.717, 1.165) is 35.0 Å². The van der Waals surface area contributed by atoms with Crippen molar-refractivity contribution < 1.29 is 4.79 Å². The van der Waals surface area contributed by atoms with Gasteiger partial charge in [-0.2, -0.15) is 0 Å². The van der Waals surface area contributed by atoms with Gasteiger partial charge in [-0.05, 0) is 18.2 Å². The van der Waals surface area contributed by atoms with E-state index in [1.54, 1.807) is 18.5 Å². The third-order valence-corrected chi connectivity index (χ3v) is 5.30. The molecule has 0 aliphatic carbocycles. The molecule has 3 heterocycles. The maximum Gasteiger partial charge on any atom is 0.233 e. The summed E-state index contributed by atoms with van der Waals surface area (Å²) in [5.41, 5.74) is 0.960. The molecule has 132 valence electrons. The molecule has 1 fully saturated rings. The Balaban J connectivity index is 1.31. The van der Waals surface area contributed by atoms with Crippen LogP contribution in [0.4, 0.5) is 5.95 Å². The zero-order valence-electron chi connectivity index (χ0n) is 14.3. The summed E-state index contributed by atoms with van der Waals surface area (Å²) >= 11 is 1.49. The molecule has 1 aliphatic rings. The van der Waals surface area contributed by atoms with Gasteiger partial charge in [0.15, 0.2) is 0 Å². The summed E-state index contributed by atoms with van der Waals surface area (Å²) in [6.45, 7) is 2.91. The van der Waals surface area contributed by atoms with Crippen LogP contribution >= 0.6 is 11.8 Å². The molecule has 1 aromatic carbocycles. The van der Waals surface area contributed by atoms with Gasteiger partial charge >= 0.3 is 0 Å². The van der Waals surface area contributed by atoms with Crippen molar-refractivity contribution in [3.63, 3.8) is 0 Å². The predicted molar refractivity (Wildman–Crippen MR) is 103 cm³/mol. The van der Waals surface area contributed by atoms with Crippen molar-refractivity contribution in [2.24, 2.45) is 0 Å². The number of para-hydroxylation sites is 1. The van der Waals surface area contributed by atoms with Crippen LogP contribution < -0.4 is 4.90 Å². The Morgan fingerprint density at radius 3 is 2.54 bits per heavy atom. The third kappa shape index (κ3) is 3.77. The van der Waals surface area contributed by atoms with Crippen LogP contribution in [-0.4, -0.2) is 57.7 Å². The highest BCUT2D eigenvalue weighted by Gasteiger charge is 2.22. The van der Waals surface area contributed by atoms with Crippen molar-refractivity contribution in [3.8, 4) is 0 Å². The lowest BCUT2D eigenvalue weighted by Gasteiger charge is -2.34. The van der Waals surface area contributed by atoms with Gasteiger partial charge in [0.05, 0.1) is 16.3 Å². The average molecular weight is 365 g/mol. The minimum absolute atomic E-state index is 0.151. The molecule has 0 bridgehead atoms. The number of carbonyl (C=O) groups excluding carboxylic acids is 1. The van der Waals surface area contributed by atoms with Crippen molar-refractivity contribution in [2.75, 3.05) is 36.8 Å². The fraction of sp³-hybridized carbons (Fsp3) is 0.263. The maximum atomic E-state index is 12.5. The van der Waals surface area contributed by atoms with E-state index in [-0.39, 0.29) is 5.91 Å². The Morgan fingerprint density at radius 2 is 1.73 bits per heavy atom. The zero-order chi connectivity index (χ0) is 17.8. The van der Waals surface area contributed by atoms with E-state index >= 15 is 0 Å². The second-order valence-electron chi connectivity index (χ2n) is 6.05. The third-order valence-electron chi connectivity index (χ3n) is 4.38. The first-order valence-corrected chi connectivity index (χ1v) is 9.56. The first-order valence-electron chi connectivity index (χ1n) is 8.58. The first kappa shape index (κ1) is 16.8. The van der Waals surface area contributed by atoms with Gasteiger partial charge in [0, 0.05) is 44.0 Å². The standard InChI is InChI=1S/C19H19N5OS/c25-18(14-26-17-7-6-15-4-1-2-5-16(15)22-17)23-10-12-24(13-11-23)19-20-8-3-9-21-19/h1-9H,10-14H2. The molecule has 0 N–H and O–H groups in total. The number of carbonyl (C=O) groups is 1. The molecule has 2 aromatic heterocycles. The SMILES string of the molecule is O=C(CSc1ccc2ccccc2n1)N1CCN(c2ncccn2)CC1. The predicted octanol–water partition coefficient (Wildman–Crippen LogP) is 2.47. The van der Waals surface area contributed by atoms with Crippen LogP contribution in [0.2, 0.25) is 0 Å². The molecule has 1 amide bonds. The minimum atomic E-state index is 0.151. The molecule has 0 atom stereocenters. The lowest BCUT2D eigenvalue weighted by atomic mass is 10.2. The molecule has 0 radical (unpaired) electrons. The van der Waals surface area contributed by atoms with E-state index in [2.05, 4.69) is 19.9 Å². The van der Waals surface area contributed by atoms with Crippen LogP contribution in [0.3, 0.4) is 0 Å². The van der Waals surface area contributed by atoms with Crippen molar-refractivity contribution in [1.82, 2.24) is 19.9 Å². The second-order valence-corrected chi connectivity index (χ2v) is 7.04. The zero-order valence-corrected chi connectivity index (χ0v) is 15.1. The van der Waals surface area contributed by atoms with Gasteiger partial charge < -0.3 is 9.80 Å². The number of benzene rings is 1. The minimum Gasteiger partial charge on any atom is -0.338 e. The number of thioether (sulfide) groups is 1. The summed E-state index contributed by atoms with van der Waals surface area (Å²) in [7, 11) is 0. The second kappa shape index (κ2) is 7.70. The number of hydrogen-bond acceptors (Lipinski definition) is 6. The Hall–Kier alpha value is -2.67. The number of anilines is 1. The van der Waals surface area contributed by atoms with E-state index in [1.807, 2.05) is 41.3 Å². The van der Waals surface area contributed by atoms with Crippen LogP contribution in [0, 0.1) is 0 Å². The van der Waals surface area contributed by atoms with Crippen molar-refractivity contribution in [1.29, 1.82) is 0 Å². The monoisotopic (exact) mass is 365 g/mol. The fourth-order valence-electron chi connectivity index (χ4n) is 2.97. The van der Waals surface area contributed by atoms with Gasteiger partial charge in [0.1, 0.15) is 0 Å². The molecule has 7 heteroatoms. The van der Waals surface area contributed by atoms with Crippen LogP contribution in [0.15, 0.2) is 59.9 Å². The smallest absolute Gasteiger partial charge is 0.233 e. The van der Waals surface area contributed by atoms with Crippen LogP contribution in [0.25, 0.3) is 10.9 Å². The first-order chi connectivity index (χ1) is 12.8. The van der Waals surface area contributed by atoms with Crippen molar-refractivity contribution in [3.05, 3.63) is 54.9 Å². The highest BCUT2D eigenvalue weighted by molar-refractivity contribution is 7.99. The molecule has 0 saturated carbocycles. The Bertz CT molecular complexity index is 897. The summed E-state index contributed by atoms with van der Waals surface area (Å²) in [5.74, 6) is 1.29. The highest BCUT2D eigenvalue weighted by Crippen LogP contribution is 2.20. The summed E-state index contributed by atoms with van der Waals surface area (Å²) in [5, 5.41) is 2.00. The highest BCUT2D eigenvalue weighted by atomic mass is 32.2. The number of pyridine rings is 1. The van der Waals surface area contributed by atoms with Gasteiger partial charge in [0.2, 0.25) is 11.9 Å².